The number of halogens is 3. The van der Waals surface area contributed by atoms with Gasteiger partial charge in [-0.05, 0) is 42.8 Å². The van der Waals surface area contributed by atoms with Crippen molar-refractivity contribution in [3.8, 4) is 5.75 Å². The van der Waals surface area contributed by atoms with E-state index in [0.717, 1.165) is 15.7 Å². The molecule has 2 rings (SSSR count). The van der Waals surface area contributed by atoms with E-state index in [4.69, 9.17) is 27.9 Å². The van der Waals surface area contributed by atoms with E-state index >= 15 is 0 Å². The molecule has 6 heteroatoms. The number of carbonyl (C=O) groups is 1. The van der Waals surface area contributed by atoms with Gasteiger partial charge in [0, 0.05) is 21.2 Å². The van der Waals surface area contributed by atoms with Gasteiger partial charge in [-0.2, -0.15) is 0 Å². The molecule has 3 nitrogen and oxygen atoms in total. The Morgan fingerprint density at radius 3 is 2.71 bits per heavy atom. The number of amides is 1. The molecule has 1 amide bonds. The summed E-state index contributed by atoms with van der Waals surface area (Å²) in [6, 6.07) is 10.4. The van der Waals surface area contributed by atoms with Gasteiger partial charge in [-0.15, -0.1) is 0 Å². The maximum atomic E-state index is 11.9. The van der Waals surface area contributed by atoms with Gasteiger partial charge in [-0.25, -0.2) is 0 Å². The molecule has 0 spiro atoms. The van der Waals surface area contributed by atoms with Gasteiger partial charge in [0.05, 0.1) is 5.02 Å². The molecule has 21 heavy (non-hydrogen) atoms. The normalized spacial score (nSPS) is 10.3. The van der Waals surface area contributed by atoms with Crippen LogP contribution < -0.4 is 10.1 Å². The fourth-order valence-electron chi connectivity index (χ4n) is 1.68. The minimum atomic E-state index is -0.267. The van der Waals surface area contributed by atoms with E-state index in [1.54, 1.807) is 18.2 Å². The van der Waals surface area contributed by atoms with Crippen molar-refractivity contribution >= 4 is 50.7 Å². The van der Waals surface area contributed by atoms with E-state index < -0.39 is 0 Å². The van der Waals surface area contributed by atoms with Crippen LogP contribution in [-0.2, 0) is 4.79 Å². The minimum Gasteiger partial charge on any atom is -0.482 e. The van der Waals surface area contributed by atoms with Crippen molar-refractivity contribution in [3.05, 3.63) is 56.5 Å². The quantitative estimate of drug-likeness (QED) is 0.792. The molecule has 0 unspecified atom stereocenters. The minimum absolute atomic E-state index is 0.143. The van der Waals surface area contributed by atoms with Gasteiger partial charge in [-0.1, -0.05) is 39.1 Å². The molecule has 0 saturated heterocycles. The van der Waals surface area contributed by atoms with Crippen LogP contribution in [0.1, 0.15) is 5.56 Å². The van der Waals surface area contributed by atoms with Crippen LogP contribution in [0, 0.1) is 6.92 Å². The van der Waals surface area contributed by atoms with Gasteiger partial charge < -0.3 is 10.1 Å². The number of ether oxygens (including phenoxy) is 1. The van der Waals surface area contributed by atoms with E-state index in [0.29, 0.717) is 15.8 Å². The van der Waals surface area contributed by atoms with Gasteiger partial charge in [-0.3, -0.25) is 4.79 Å². The van der Waals surface area contributed by atoms with Crippen LogP contribution in [0.15, 0.2) is 40.9 Å². The highest BCUT2D eigenvalue weighted by atomic mass is 79.9. The van der Waals surface area contributed by atoms with Crippen LogP contribution in [0.25, 0.3) is 0 Å². The first kappa shape index (κ1) is 16.1. The highest BCUT2D eigenvalue weighted by molar-refractivity contribution is 9.10. The van der Waals surface area contributed by atoms with Crippen LogP contribution in [0.2, 0.25) is 10.0 Å². The molecule has 110 valence electrons. The summed E-state index contributed by atoms with van der Waals surface area (Å²) < 4.78 is 6.34. The van der Waals surface area contributed by atoms with Crippen molar-refractivity contribution in [2.24, 2.45) is 0 Å². The third kappa shape index (κ3) is 4.63. The summed E-state index contributed by atoms with van der Waals surface area (Å²) in [5, 5.41) is 3.69. The molecule has 0 aromatic heterocycles. The molecule has 2 aromatic rings. The van der Waals surface area contributed by atoms with Crippen molar-refractivity contribution in [2.45, 2.75) is 6.92 Å². The van der Waals surface area contributed by atoms with Gasteiger partial charge in [0.1, 0.15) is 5.75 Å². The molecule has 1 N–H and O–H groups in total. The smallest absolute Gasteiger partial charge is 0.262 e. The second-order valence-electron chi connectivity index (χ2n) is 4.37. The monoisotopic (exact) mass is 387 g/mol. The molecule has 2 aromatic carbocycles. The SMILES string of the molecule is Cc1cc(Br)ccc1NC(=O)COc1cc(Cl)ccc1Cl. The van der Waals surface area contributed by atoms with E-state index in [2.05, 4.69) is 21.2 Å². The van der Waals surface area contributed by atoms with Gasteiger partial charge >= 0.3 is 0 Å². The Labute approximate surface area is 141 Å². The number of benzene rings is 2. The van der Waals surface area contributed by atoms with Crippen molar-refractivity contribution < 1.29 is 9.53 Å². The average Bonchev–Trinajstić information content (AvgIpc) is 2.43. The summed E-state index contributed by atoms with van der Waals surface area (Å²) in [5.74, 6) is 0.114. The lowest BCUT2D eigenvalue weighted by Crippen LogP contribution is -2.20. The zero-order chi connectivity index (χ0) is 15.4. The lowest BCUT2D eigenvalue weighted by atomic mass is 10.2. The predicted molar refractivity (Wildman–Crippen MR) is 89.5 cm³/mol. The van der Waals surface area contributed by atoms with Crippen molar-refractivity contribution in [1.82, 2.24) is 0 Å². The summed E-state index contributed by atoms with van der Waals surface area (Å²) >= 11 is 15.2. The Bertz CT molecular complexity index is 677. The van der Waals surface area contributed by atoms with Crippen LogP contribution in [-0.4, -0.2) is 12.5 Å². The standard InChI is InChI=1S/C15H12BrCl2NO2/c1-9-6-10(16)2-5-13(9)19-15(20)8-21-14-7-11(17)3-4-12(14)18/h2-7H,8H2,1H3,(H,19,20). The molecule has 0 fully saturated rings. The largest absolute Gasteiger partial charge is 0.482 e. The van der Waals surface area contributed by atoms with Crippen molar-refractivity contribution in [1.29, 1.82) is 0 Å². The molecule has 0 saturated carbocycles. The molecule has 0 heterocycles. The number of rotatable bonds is 4. The van der Waals surface area contributed by atoms with E-state index in [1.165, 1.54) is 0 Å². The molecule has 0 radical (unpaired) electrons. The Kier molecular flexibility index (Phi) is 5.51. The topological polar surface area (TPSA) is 38.3 Å². The number of hydrogen-bond acceptors (Lipinski definition) is 2. The third-order valence-electron chi connectivity index (χ3n) is 2.71. The maximum absolute atomic E-state index is 11.9. The summed E-state index contributed by atoms with van der Waals surface area (Å²) in [7, 11) is 0. The Balaban J connectivity index is 1.97. The van der Waals surface area contributed by atoms with Crippen molar-refractivity contribution in [3.63, 3.8) is 0 Å². The fraction of sp³-hybridized carbons (Fsp3) is 0.133. The van der Waals surface area contributed by atoms with Gasteiger partial charge in [0.2, 0.25) is 0 Å². The first-order valence-electron chi connectivity index (χ1n) is 6.09. The first-order valence-corrected chi connectivity index (χ1v) is 7.64. The Morgan fingerprint density at radius 1 is 1.24 bits per heavy atom. The Hall–Kier alpha value is -1.23. The fourth-order valence-corrected chi connectivity index (χ4v) is 2.49. The lowest BCUT2D eigenvalue weighted by molar-refractivity contribution is -0.118. The highest BCUT2D eigenvalue weighted by Crippen LogP contribution is 2.27. The molecule has 0 aliphatic carbocycles. The number of nitrogens with one attached hydrogen (secondary N) is 1. The van der Waals surface area contributed by atoms with Gasteiger partial charge in [0.25, 0.3) is 5.91 Å². The third-order valence-corrected chi connectivity index (χ3v) is 3.76. The maximum Gasteiger partial charge on any atom is 0.262 e. The summed E-state index contributed by atoms with van der Waals surface area (Å²) in [5.41, 5.74) is 1.70. The van der Waals surface area contributed by atoms with Crippen LogP contribution in [0.5, 0.6) is 5.75 Å². The second kappa shape index (κ2) is 7.16. The number of carbonyl (C=O) groups excluding carboxylic acids is 1. The molecule has 0 atom stereocenters. The molecule has 0 aliphatic heterocycles. The van der Waals surface area contributed by atoms with Crippen molar-refractivity contribution in [2.75, 3.05) is 11.9 Å². The van der Waals surface area contributed by atoms with Crippen LogP contribution >= 0.6 is 39.1 Å². The molecule has 0 aliphatic rings. The van der Waals surface area contributed by atoms with Gasteiger partial charge in [0.15, 0.2) is 6.61 Å². The number of aryl methyl sites for hydroxylation is 1. The average molecular weight is 389 g/mol. The zero-order valence-electron chi connectivity index (χ0n) is 11.1. The summed E-state index contributed by atoms with van der Waals surface area (Å²) in [6.07, 6.45) is 0. The van der Waals surface area contributed by atoms with Crippen LogP contribution in [0.4, 0.5) is 5.69 Å². The first-order chi connectivity index (χ1) is 9.95. The summed E-state index contributed by atoms with van der Waals surface area (Å²) in [6.45, 7) is 1.77. The Morgan fingerprint density at radius 2 is 2.00 bits per heavy atom. The highest BCUT2D eigenvalue weighted by Gasteiger charge is 2.08. The van der Waals surface area contributed by atoms with E-state index in [1.807, 2.05) is 25.1 Å². The van der Waals surface area contributed by atoms with E-state index in [-0.39, 0.29) is 12.5 Å². The van der Waals surface area contributed by atoms with Crippen LogP contribution in [0.3, 0.4) is 0 Å². The molecule has 0 bridgehead atoms. The lowest BCUT2D eigenvalue weighted by Gasteiger charge is -2.11. The molecular weight excluding hydrogens is 377 g/mol. The predicted octanol–water partition coefficient (Wildman–Crippen LogP) is 5.08. The second-order valence-corrected chi connectivity index (χ2v) is 6.13. The van der Waals surface area contributed by atoms with E-state index in [9.17, 15) is 4.79 Å². The number of hydrogen-bond donors (Lipinski definition) is 1. The zero-order valence-corrected chi connectivity index (χ0v) is 14.2. The molecular formula is C15H12BrCl2NO2. The summed E-state index contributed by atoms with van der Waals surface area (Å²) in [4.78, 5) is 11.9. The number of anilines is 1.